The summed E-state index contributed by atoms with van der Waals surface area (Å²) in [7, 11) is 0. The van der Waals surface area contributed by atoms with Crippen molar-refractivity contribution in [3.8, 4) is 0 Å². The molecule has 0 radical (unpaired) electrons. The third kappa shape index (κ3) is 3.29. The van der Waals surface area contributed by atoms with E-state index in [1.165, 1.54) is 11.3 Å². The highest BCUT2D eigenvalue weighted by molar-refractivity contribution is 7.15. The fourth-order valence-corrected chi connectivity index (χ4v) is 3.32. The van der Waals surface area contributed by atoms with Crippen LogP contribution in [0.25, 0.3) is 0 Å². The van der Waals surface area contributed by atoms with Crippen LogP contribution in [0.4, 0.5) is 5.13 Å². The van der Waals surface area contributed by atoms with Gasteiger partial charge in [0, 0.05) is 23.6 Å². The van der Waals surface area contributed by atoms with E-state index < -0.39 is 0 Å². The van der Waals surface area contributed by atoms with Crippen molar-refractivity contribution in [1.29, 1.82) is 0 Å². The minimum Gasteiger partial charge on any atom is -0.339 e. The number of amides is 1. The quantitative estimate of drug-likeness (QED) is 0.918. The van der Waals surface area contributed by atoms with Crippen molar-refractivity contribution in [2.24, 2.45) is 0 Å². The van der Waals surface area contributed by atoms with Crippen LogP contribution in [0.2, 0.25) is 0 Å². The Labute approximate surface area is 127 Å². The van der Waals surface area contributed by atoms with Crippen molar-refractivity contribution in [2.45, 2.75) is 51.9 Å². The summed E-state index contributed by atoms with van der Waals surface area (Å²) in [4.78, 5) is 21.9. The molecule has 0 saturated carbocycles. The zero-order chi connectivity index (χ0) is 14.8. The van der Waals surface area contributed by atoms with E-state index in [-0.39, 0.29) is 11.8 Å². The summed E-state index contributed by atoms with van der Waals surface area (Å²) in [5.74, 6) is 1.36. The highest BCUT2D eigenvalue weighted by Gasteiger charge is 2.18. The first-order valence-electron chi connectivity index (χ1n) is 7.22. The lowest BCUT2D eigenvalue weighted by atomic mass is 10.2. The Hall–Kier alpha value is -1.76. The van der Waals surface area contributed by atoms with Gasteiger partial charge in [-0.25, -0.2) is 4.98 Å². The number of hydrogen-bond acceptors (Lipinski definition) is 6. The zero-order valence-corrected chi connectivity index (χ0v) is 13.0. The normalized spacial score (nSPS) is 13.7. The summed E-state index contributed by atoms with van der Waals surface area (Å²) in [5, 5.41) is 7.44. The largest absolute Gasteiger partial charge is 0.339 e. The van der Waals surface area contributed by atoms with E-state index >= 15 is 0 Å². The van der Waals surface area contributed by atoms with Crippen LogP contribution in [-0.4, -0.2) is 21.0 Å². The van der Waals surface area contributed by atoms with Gasteiger partial charge in [0.25, 0.3) is 0 Å². The van der Waals surface area contributed by atoms with E-state index in [9.17, 15) is 4.79 Å². The fourth-order valence-electron chi connectivity index (χ4n) is 2.25. The molecule has 0 unspecified atom stereocenters. The lowest BCUT2D eigenvalue weighted by Crippen LogP contribution is -2.12. The molecular weight excluding hydrogens is 288 g/mol. The van der Waals surface area contributed by atoms with E-state index in [1.807, 2.05) is 13.8 Å². The van der Waals surface area contributed by atoms with Gasteiger partial charge in [-0.15, -0.1) is 11.3 Å². The van der Waals surface area contributed by atoms with Crippen LogP contribution in [0.3, 0.4) is 0 Å². The second-order valence-electron chi connectivity index (χ2n) is 5.49. The van der Waals surface area contributed by atoms with Gasteiger partial charge in [-0.2, -0.15) is 4.98 Å². The molecule has 112 valence electrons. The van der Waals surface area contributed by atoms with Crippen LogP contribution < -0.4 is 5.32 Å². The Balaban J connectivity index is 1.51. The summed E-state index contributed by atoms with van der Waals surface area (Å²) >= 11 is 1.59. The summed E-state index contributed by atoms with van der Waals surface area (Å²) in [6.45, 7) is 4.01. The third-order valence-corrected chi connectivity index (χ3v) is 4.48. The van der Waals surface area contributed by atoms with E-state index in [0.717, 1.165) is 18.5 Å². The second kappa shape index (κ2) is 5.93. The summed E-state index contributed by atoms with van der Waals surface area (Å²) < 4.78 is 5.12. The molecule has 7 heteroatoms. The first-order valence-corrected chi connectivity index (χ1v) is 8.04. The number of aryl methyl sites for hydroxylation is 3. The minimum atomic E-state index is -0.0632. The van der Waals surface area contributed by atoms with Crippen LogP contribution >= 0.6 is 11.3 Å². The second-order valence-corrected chi connectivity index (χ2v) is 6.58. The van der Waals surface area contributed by atoms with Crippen molar-refractivity contribution in [1.82, 2.24) is 15.1 Å². The van der Waals surface area contributed by atoms with Gasteiger partial charge in [0.1, 0.15) is 0 Å². The molecule has 21 heavy (non-hydrogen) atoms. The molecule has 0 fully saturated rings. The van der Waals surface area contributed by atoms with Gasteiger partial charge in [-0.1, -0.05) is 19.0 Å². The molecule has 1 aliphatic carbocycles. The molecule has 0 aliphatic heterocycles. The van der Waals surface area contributed by atoms with Gasteiger partial charge in [0.15, 0.2) is 11.0 Å². The van der Waals surface area contributed by atoms with Gasteiger partial charge in [0.05, 0.1) is 5.69 Å². The number of carbonyl (C=O) groups is 1. The monoisotopic (exact) mass is 306 g/mol. The summed E-state index contributed by atoms with van der Waals surface area (Å²) in [6.07, 6.45) is 4.07. The molecule has 1 amide bonds. The third-order valence-electron chi connectivity index (χ3n) is 3.41. The van der Waals surface area contributed by atoms with E-state index in [1.54, 1.807) is 11.3 Å². The van der Waals surface area contributed by atoms with Crippen LogP contribution in [-0.2, 0) is 24.1 Å². The van der Waals surface area contributed by atoms with E-state index in [4.69, 9.17) is 4.52 Å². The van der Waals surface area contributed by atoms with Gasteiger partial charge < -0.3 is 9.84 Å². The number of carbonyl (C=O) groups excluding carboxylic acids is 1. The number of nitrogens with zero attached hydrogens (tertiary/aromatic N) is 3. The maximum absolute atomic E-state index is 11.9. The fraction of sp³-hybridized carbons (Fsp3) is 0.571. The maximum Gasteiger partial charge on any atom is 0.227 e. The highest BCUT2D eigenvalue weighted by Crippen LogP contribution is 2.30. The Kier molecular flexibility index (Phi) is 4.01. The topological polar surface area (TPSA) is 80.9 Å². The number of anilines is 1. The molecule has 0 spiro atoms. The minimum absolute atomic E-state index is 0.0632. The molecule has 2 heterocycles. The van der Waals surface area contributed by atoms with E-state index in [2.05, 4.69) is 20.4 Å². The highest BCUT2D eigenvalue weighted by atomic mass is 32.1. The molecular formula is C14H18N4O2S. The van der Waals surface area contributed by atoms with Crippen LogP contribution in [0.1, 0.15) is 54.9 Å². The average molecular weight is 306 g/mol. The van der Waals surface area contributed by atoms with Crippen molar-refractivity contribution >= 4 is 22.4 Å². The standard InChI is InChI=1S/C14H18N4O2S/c1-8(2)13-17-12(20-18-13)7-6-11(19)16-14-15-9-4-3-5-10(9)21-14/h8H,3-7H2,1-2H3,(H,15,16,19). The Morgan fingerprint density at radius 3 is 2.95 bits per heavy atom. The van der Waals surface area contributed by atoms with Crippen molar-refractivity contribution in [2.75, 3.05) is 5.32 Å². The predicted molar refractivity (Wildman–Crippen MR) is 79.5 cm³/mol. The molecule has 0 bridgehead atoms. The van der Waals surface area contributed by atoms with Gasteiger partial charge in [-0.05, 0) is 19.3 Å². The summed E-state index contributed by atoms with van der Waals surface area (Å²) in [5.41, 5.74) is 1.15. The maximum atomic E-state index is 11.9. The number of rotatable bonds is 5. The first kappa shape index (κ1) is 14.2. The van der Waals surface area contributed by atoms with Crippen LogP contribution in [0.15, 0.2) is 4.52 Å². The van der Waals surface area contributed by atoms with Crippen molar-refractivity contribution in [3.05, 3.63) is 22.3 Å². The molecule has 3 rings (SSSR count). The number of nitrogens with one attached hydrogen (secondary N) is 1. The van der Waals surface area contributed by atoms with E-state index in [0.29, 0.717) is 29.7 Å². The molecule has 1 N–H and O–H groups in total. The Morgan fingerprint density at radius 2 is 2.24 bits per heavy atom. The number of thiazole rings is 1. The Morgan fingerprint density at radius 1 is 1.38 bits per heavy atom. The predicted octanol–water partition coefficient (Wildman–Crippen LogP) is 2.71. The Bertz CT molecular complexity index is 626. The smallest absolute Gasteiger partial charge is 0.227 e. The molecule has 2 aromatic rings. The van der Waals surface area contributed by atoms with Gasteiger partial charge >= 0.3 is 0 Å². The molecule has 6 nitrogen and oxygen atoms in total. The lowest BCUT2D eigenvalue weighted by Gasteiger charge is -1.99. The molecule has 2 aromatic heterocycles. The molecule has 0 saturated heterocycles. The number of aromatic nitrogens is 3. The zero-order valence-electron chi connectivity index (χ0n) is 12.2. The first-order chi connectivity index (χ1) is 10.1. The van der Waals surface area contributed by atoms with Crippen molar-refractivity contribution < 1.29 is 9.32 Å². The number of hydrogen-bond donors (Lipinski definition) is 1. The lowest BCUT2D eigenvalue weighted by molar-refractivity contribution is -0.116. The molecule has 0 atom stereocenters. The van der Waals surface area contributed by atoms with Crippen LogP contribution in [0, 0.1) is 0 Å². The van der Waals surface area contributed by atoms with Crippen molar-refractivity contribution in [3.63, 3.8) is 0 Å². The number of fused-ring (bicyclic) bond motifs is 1. The molecule has 0 aromatic carbocycles. The average Bonchev–Trinajstić information content (AvgIpc) is 3.10. The molecule has 1 aliphatic rings. The van der Waals surface area contributed by atoms with Gasteiger partial charge in [-0.3, -0.25) is 4.79 Å². The van der Waals surface area contributed by atoms with Gasteiger partial charge in [0.2, 0.25) is 11.8 Å². The van der Waals surface area contributed by atoms with Crippen LogP contribution in [0.5, 0.6) is 0 Å². The SMILES string of the molecule is CC(C)c1noc(CCC(=O)Nc2nc3c(s2)CCC3)n1. The summed E-state index contributed by atoms with van der Waals surface area (Å²) in [6, 6.07) is 0.